The minimum absolute atomic E-state index is 0.135. The van der Waals surface area contributed by atoms with Gasteiger partial charge in [0.15, 0.2) is 5.76 Å². The summed E-state index contributed by atoms with van der Waals surface area (Å²) in [7, 11) is 0. The standard InChI is InChI=1S/C22H28N2O3/c25-15-16-4-3-7-19(12-16)23-22(26)21-9-8-20(27-21)14-24-11-10-17-5-1-2-6-18(17)13-24/h1-2,5-6,8-9,16,19,25H,3-4,7,10-15H2,(H,23,26)/t16-,19-/m1/s1. The lowest BCUT2D eigenvalue weighted by Crippen LogP contribution is -2.38. The summed E-state index contributed by atoms with van der Waals surface area (Å²) in [6.07, 6.45) is 4.98. The van der Waals surface area contributed by atoms with E-state index < -0.39 is 0 Å². The number of hydrogen-bond acceptors (Lipinski definition) is 4. The van der Waals surface area contributed by atoms with Crippen molar-refractivity contribution in [3.63, 3.8) is 0 Å². The van der Waals surface area contributed by atoms with Crippen molar-refractivity contribution in [1.82, 2.24) is 10.2 Å². The molecule has 0 unspecified atom stereocenters. The number of hydrogen-bond donors (Lipinski definition) is 2. The van der Waals surface area contributed by atoms with Crippen LogP contribution >= 0.6 is 0 Å². The molecule has 1 aliphatic heterocycles. The van der Waals surface area contributed by atoms with Gasteiger partial charge in [-0.05, 0) is 54.9 Å². The Balaban J connectivity index is 1.33. The molecule has 1 saturated carbocycles. The molecule has 1 fully saturated rings. The molecule has 1 aromatic heterocycles. The summed E-state index contributed by atoms with van der Waals surface area (Å²) in [6, 6.07) is 12.4. The number of amides is 1. The third-order valence-electron chi connectivity index (χ3n) is 5.85. The van der Waals surface area contributed by atoms with Crippen molar-refractivity contribution in [2.24, 2.45) is 5.92 Å². The van der Waals surface area contributed by atoms with E-state index in [1.54, 1.807) is 6.07 Å². The van der Waals surface area contributed by atoms with Gasteiger partial charge in [0, 0.05) is 25.7 Å². The highest BCUT2D eigenvalue weighted by molar-refractivity contribution is 5.91. The van der Waals surface area contributed by atoms with E-state index in [0.29, 0.717) is 11.7 Å². The first-order chi connectivity index (χ1) is 13.2. The number of rotatable bonds is 5. The van der Waals surface area contributed by atoms with Gasteiger partial charge in [0.05, 0.1) is 6.54 Å². The van der Waals surface area contributed by atoms with Gasteiger partial charge < -0.3 is 14.8 Å². The predicted octanol–water partition coefficient (Wildman–Crippen LogP) is 3.12. The predicted molar refractivity (Wildman–Crippen MR) is 103 cm³/mol. The Morgan fingerprint density at radius 2 is 2.04 bits per heavy atom. The molecule has 0 radical (unpaired) electrons. The number of nitrogens with zero attached hydrogens (tertiary/aromatic N) is 1. The van der Waals surface area contributed by atoms with E-state index in [1.165, 1.54) is 11.1 Å². The molecule has 2 aliphatic rings. The normalized spacial score (nSPS) is 23.0. The number of furan rings is 1. The largest absolute Gasteiger partial charge is 0.455 e. The van der Waals surface area contributed by atoms with Crippen molar-refractivity contribution >= 4 is 5.91 Å². The number of benzene rings is 1. The van der Waals surface area contributed by atoms with E-state index in [2.05, 4.69) is 34.5 Å². The van der Waals surface area contributed by atoms with E-state index in [0.717, 1.165) is 57.5 Å². The minimum atomic E-state index is -0.145. The molecule has 0 saturated heterocycles. The van der Waals surface area contributed by atoms with Crippen molar-refractivity contribution in [3.05, 3.63) is 59.0 Å². The van der Waals surface area contributed by atoms with Gasteiger partial charge in [-0.3, -0.25) is 9.69 Å². The Morgan fingerprint density at radius 3 is 2.89 bits per heavy atom. The van der Waals surface area contributed by atoms with Crippen LogP contribution in [0.2, 0.25) is 0 Å². The van der Waals surface area contributed by atoms with Gasteiger partial charge in [0.2, 0.25) is 0 Å². The zero-order valence-electron chi connectivity index (χ0n) is 15.7. The van der Waals surface area contributed by atoms with Crippen molar-refractivity contribution < 1.29 is 14.3 Å². The molecule has 1 aromatic carbocycles. The summed E-state index contributed by atoms with van der Waals surface area (Å²) in [5, 5.41) is 12.4. The molecule has 4 rings (SSSR count). The summed E-state index contributed by atoms with van der Waals surface area (Å²) >= 11 is 0. The fraction of sp³-hybridized carbons (Fsp3) is 0.500. The highest BCUT2D eigenvalue weighted by atomic mass is 16.4. The Morgan fingerprint density at radius 1 is 1.19 bits per heavy atom. The lowest BCUT2D eigenvalue weighted by molar-refractivity contribution is 0.0874. The summed E-state index contributed by atoms with van der Waals surface area (Å²) in [5.74, 6) is 1.37. The number of fused-ring (bicyclic) bond motifs is 1. The molecule has 5 nitrogen and oxygen atoms in total. The molecule has 1 aliphatic carbocycles. The van der Waals surface area contributed by atoms with Crippen molar-refractivity contribution in [2.45, 2.75) is 51.2 Å². The monoisotopic (exact) mass is 368 g/mol. The molecule has 0 bridgehead atoms. The lowest BCUT2D eigenvalue weighted by Gasteiger charge is -2.28. The van der Waals surface area contributed by atoms with Crippen LogP contribution in [0.4, 0.5) is 0 Å². The van der Waals surface area contributed by atoms with E-state index in [4.69, 9.17) is 4.42 Å². The Kier molecular flexibility index (Phi) is 5.60. The molecule has 2 atom stereocenters. The highest BCUT2D eigenvalue weighted by Crippen LogP contribution is 2.24. The van der Waals surface area contributed by atoms with Crippen LogP contribution in [-0.2, 0) is 19.5 Å². The zero-order chi connectivity index (χ0) is 18.6. The maximum Gasteiger partial charge on any atom is 0.287 e. The van der Waals surface area contributed by atoms with Crippen molar-refractivity contribution in [3.8, 4) is 0 Å². The molecule has 0 spiro atoms. The van der Waals surface area contributed by atoms with Crippen LogP contribution in [0, 0.1) is 5.92 Å². The quantitative estimate of drug-likeness (QED) is 0.851. The van der Waals surface area contributed by atoms with Gasteiger partial charge >= 0.3 is 0 Å². The average molecular weight is 368 g/mol. The second-order valence-electron chi connectivity index (χ2n) is 7.88. The van der Waals surface area contributed by atoms with E-state index in [9.17, 15) is 9.90 Å². The first-order valence-corrected chi connectivity index (χ1v) is 10.0. The van der Waals surface area contributed by atoms with E-state index in [1.807, 2.05) is 6.07 Å². The third kappa shape index (κ3) is 4.42. The van der Waals surface area contributed by atoms with Gasteiger partial charge in [-0.15, -0.1) is 0 Å². The Labute approximate surface area is 160 Å². The van der Waals surface area contributed by atoms with Gasteiger partial charge in [-0.2, -0.15) is 0 Å². The smallest absolute Gasteiger partial charge is 0.287 e. The van der Waals surface area contributed by atoms with Crippen LogP contribution < -0.4 is 5.32 Å². The molecular formula is C22H28N2O3. The average Bonchev–Trinajstić information content (AvgIpc) is 3.17. The van der Waals surface area contributed by atoms with E-state index in [-0.39, 0.29) is 18.6 Å². The molecule has 144 valence electrons. The fourth-order valence-electron chi connectivity index (χ4n) is 4.34. The van der Waals surface area contributed by atoms with Gasteiger partial charge in [-0.1, -0.05) is 30.7 Å². The maximum atomic E-state index is 12.5. The molecule has 27 heavy (non-hydrogen) atoms. The highest BCUT2D eigenvalue weighted by Gasteiger charge is 2.24. The summed E-state index contributed by atoms with van der Waals surface area (Å²) in [4.78, 5) is 14.9. The number of nitrogens with one attached hydrogen (secondary N) is 1. The lowest BCUT2D eigenvalue weighted by atomic mass is 9.86. The first-order valence-electron chi connectivity index (χ1n) is 10.0. The minimum Gasteiger partial charge on any atom is -0.455 e. The summed E-state index contributed by atoms with van der Waals surface area (Å²) in [6.45, 7) is 2.85. The molecule has 2 aromatic rings. The SMILES string of the molecule is O=C(N[C@@H]1CCC[C@@H](CO)C1)c1ccc(CN2CCc3ccccc3C2)o1. The van der Waals surface area contributed by atoms with Crippen molar-refractivity contribution in [1.29, 1.82) is 0 Å². The number of aliphatic hydroxyl groups is 1. The summed E-state index contributed by atoms with van der Waals surface area (Å²) in [5.41, 5.74) is 2.81. The van der Waals surface area contributed by atoms with Crippen molar-refractivity contribution in [2.75, 3.05) is 13.2 Å². The number of carbonyl (C=O) groups excluding carboxylic acids is 1. The zero-order valence-corrected chi connectivity index (χ0v) is 15.7. The topological polar surface area (TPSA) is 65.7 Å². The van der Waals surface area contributed by atoms with Gasteiger partial charge in [0.25, 0.3) is 5.91 Å². The Bertz CT molecular complexity index is 785. The van der Waals surface area contributed by atoms with Crippen LogP contribution in [0.1, 0.15) is 53.1 Å². The van der Waals surface area contributed by atoms with Crippen LogP contribution in [0.25, 0.3) is 0 Å². The summed E-state index contributed by atoms with van der Waals surface area (Å²) < 4.78 is 5.83. The second-order valence-corrected chi connectivity index (χ2v) is 7.88. The molecule has 2 N–H and O–H groups in total. The third-order valence-corrected chi connectivity index (χ3v) is 5.85. The van der Waals surface area contributed by atoms with Crippen LogP contribution in [0.5, 0.6) is 0 Å². The molecular weight excluding hydrogens is 340 g/mol. The number of carbonyl (C=O) groups is 1. The number of aliphatic hydroxyl groups excluding tert-OH is 1. The van der Waals surface area contributed by atoms with Crippen LogP contribution in [0.15, 0.2) is 40.8 Å². The Hall–Kier alpha value is -2.11. The first kappa shape index (κ1) is 18.3. The van der Waals surface area contributed by atoms with Gasteiger partial charge in [0.1, 0.15) is 5.76 Å². The molecule has 1 amide bonds. The fourth-order valence-corrected chi connectivity index (χ4v) is 4.34. The second kappa shape index (κ2) is 8.28. The van der Waals surface area contributed by atoms with E-state index >= 15 is 0 Å². The maximum absolute atomic E-state index is 12.5. The molecule has 5 heteroatoms. The molecule has 2 heterocycles. The van der Waals surface area contributed by atoms with Gasteiger partial charge in [-0.25, -0.2) is 0 Å². The van der Waals surface area contributed by atoms with Crippen LogP contribution in [0.3, 0.4) is 0 Å². The van der Waals surface area contributed by atoms with Crippen LogP contribution in [-0.4, -0.2) is 35.1 Å².